The number of carbonyl (C=O) groups is 2. The molecule has 0 saturated carbocycles. The number of nitrogens with zero attached hydrogens (tertiary/aromatic N) is 1. The quantitative estimate of drug-likeness (QED) is 0.839. The number of aromatic carboxylic acids is 1. The Morgan fingerprint density at radius 2 is 2.29 bits per heavy atom. The van der Waals surface area contributed by atoms with Crippen molar-refractivity contribution in [3.8, 4) is 0 Å². The number of carboxylic acids is 1. The third-order valence-corrected chi connectivity index (χ3v) is 2.55. The van der Waals surface area contributed by atoms with Gasteiger partial charge < -0.3 is 15.2 Å². The van der Waals surface area contributed by atoms with Crippen LogP contribution in [0.15, 0.2) is 5.38 Å². The van der Waals surface area contributed by atoms with Crippen LogP contribution >= 0.6 is 11.3 Å². The summed E-state index contributed by atoms with van der Waals surface area (Å²) in [6.45, 7) is 4.40. The molecule has 6 nitrogen and oxygen atoms in total. The molecule has 0 atom stereocenters. The van der Waals surface area contributed by atoms with E-state index in [9.17, 15) is 9.59 Å². The van der Waals surface area contributed by atoms with Crippen molar-refractivity contribution in [2.45, 2.75) is 20.4 Å². The Morgan fingerprint density at radius 3 is 2.82 bits per heavy atom. The molecular weight excluding hydrogens is 244 g/mol. The molecule has 1 aromatic rings. The molecule has 0 aromatic carbocycles. The average Bonchev–Trinajstić information content (AvgIpc) is 2.72. The standard InChI is InChI=1S/C10H14N2O4S/c1-6(2)4-16-10(15)11-3-8-12-7(5-17-8)9(13)14/h5-6H,3-4H2,1-2H3,(H,11,15)(H,13,14). The zero-order valence-corrected chi connectivity index (χ0v) is 10.4. The molecule has 17 heavy (non-hydrogen) atoms. The first kappa shape index (κ1) is 13.4. The fourth-order valence-corrected chi connectivity index (χ4v) is 1.64. The van der Waals surface area contributed by atoms with Gasteiger partial charge in [0.2, 0.25) is 0 Å². The Labute approximate surface area is 103 Å². The summed E-state index contributed by atoms with van der Waals surface area (Å²) in [7, 11) is 0. The number of hydrogen-bond donors (Lipinski definition) is 2. The molecular formula is C10H14N2O4S. The molecule has 0 saturated heterocycles. The van der Waals surface area contributed by atoms with E-state index in [1.165, 1.54) is 16.7 Å². The van der Waals surface area contributed by atoms with Gasteiger partial charge in [0, 0.05) is 5.38 Å². The Kier molecular flexibility index (Phi) is 4.89. The number of hydrogen-bond acceptors (Lipinski definition) is 5. The van der Waals surface area contributed by atoms with E-state index in [1.54, 1.807) is 0 Å². The van der Waals surface area contributed by atoms with Crippen LogP contribution < -0.4 is 5.32 Å². The number of amides is 1. The first-order valence-electron chi connectivity index (χ1n) is 5.07. The van der Waals surface area contributed by atoms with Crippen LogP contribution in [0.2, 0.25) is 0 Å². The van der Waals surface area contributed by atoms with Crippen LogP contribution in [0.3, 0.4) is 0 Å². The molecule has 0 aliphatic heterocycles. The van der Waals surface area contributed by atoms with E-state index in [0.29, 0.717) is 11.6 Å². The summed E-state index contributed by atoms with van der Waals surface area (Å²) in [4.78, 5) is 25.6. The number of thiazole rings is 1. The van der Waals surface area contributed by atoms with Crippen molar-refractivity contribution >= 4 is 23.4 Å². The Hall–Kier alpha value is -1.63. The van der Waals surface area contributed by atoms with Crippen LogP contribution in [0.25, 0.3) is 0 Å². The number of nitrogens with one attached hydrogen (secondary N) is 1. The number of ether oxygens (including phenoxy) is 1. The summed E-state index contributed by atoms with van der Waals surface area (Å²) < 4.78 is 4.89. The van der Waals surface area contributed by atoms with Gasteiger partial charge in [-0.2, -0.15) is 0 Å². The SMILES string of the molecule is CC(C)COC(=O)NCc1nc(C(=O)O)cs1. The van der Waals surface area contributed by atoms with E-state index < -0.39 is 12.1 Å². The highest BCUT2D eigenvalue weighted by atomic mass is 32.1. The monoisotopic (exact) mass is 258 g/mol. The zero-order chi connectivity index (χ0) is 12.8. The first-order valence-corrected chi connectivity index (χ1v) is 5.95. The molecule has 7 heteroatoms. The molecule has 94 valence electrons. The predicted octanol–water partition coefficient (Wildman–Crippen LogP) is 1.72. The number of carboxylic acid groups (broad SMARTS) is 1. The minimum atomic E-state index is -1.07. The fraction of sp³-hybridized carbons (Fsp3) is 0.500. The van der Waals surface area contributed by atoms with Crippen molar-refractivity contribution in [3.63, 3.8) is 0 Å². The van der Waals surface area contributed by atoms with E-state index >= 15 is 0 Å². The number of alkyl carbamates (subject to hydrolysis) is 1. The van der Waals surface area contributed by atoms with Crippen molar-refractivity contribution in [3.05, 3.63) is 16.1 Å². The molecule has 0 unspecified atom stereocenters. The fourth-order valence-electron chi connectivity index (χ4n) is 0.931. The van der Waals surface area contributed by atoms with Gasteiger partial charge in [0.25, 0.3) is 0 Å². The van der Waals surface area contributed by atoms with Gasteiger partial charge in [0.1, 0.15) is 5.01 Å². The largest absolute Gasteiger partial charge is 0.476 e. The summed E-state index contributed by atoms with van der Waals surface area (Å²) in [6, 6.07) is 0. The molecule has 1 heterocycles. The van der Waals surface area contributed by atoms with Gasteiger partial charge in [-0.1, -0.05) is 13.8 Å². The lowest BCUT2D eigenvalue weighted by atomic mass is 10.2. The Morgan fingerprint density at radius 1 is 1.59 bits per heavy atom. The maximum atomic E-state index is 11.2. The zero-order valence-electron chi connectivity index (χ0n) is 9.60. The van der Waals surface area contributed by atoms with Gasteiger partial charge in [-0.05, 0) is 5.92 Å². The van der Waals surface area contributed by atoms with Gasteiger partial charge in [-0.25, -0.2) is 14.6 Å². The normalized spacial score (nSPS) is 10.3. The van der Waals surface area contributed by atoms with Crippen LogP contribution in [0.4, 0.5) is 4.79 Å². The van der Waals surface area contributed by atoms with E-state index in [1.807, 2.05) is 13.8 Å². The maximum Gasteiger partial charge on any atom is 0.407 e. The molecule has 0 bridgehead atoms. The van der Waals surface area contributed by atoms with Crippen molar-refractivity contribution in [2.75, 3.05) is 6.61 Å². The smallest absolute Gasteiger partial charge is 0.407 e. The van der Waals surface area contributed by atoms with Gasteiger partial charge >= 0.3 is 12.1 Å². The molecule has 2 N–H and O–H groups in total. The van der Waals surface area contributed by atoms with E-state index in [0.717, 1.165) is 0 Å². The summed E-state index contributed by atoms with van der Waals surface area (Å²) in [6.07, 6.45) is -0.522. The van der Waals surface area contributed by atoms with Gasteiger partial charge in [-0.15, -0.1) is 11.3 Å². The van der Waals surface area contributed by atoms with E-state index in [-0.39, 0.29) is 18.2 Å². The van der Waals surface area contributed by atoms with Crippen LogP contribution in [-0.4, -0.2) is 28.8 Å². The number of rotatable bonds is 5. The van der Waals surface area contributed by atoms with Gasteiger partial charge in [-0.3, -0.25) is 0 Å². The summed E-state index contributed by atoms with van der Waals surface area (Å²) in [5, 5.41) is 13.1. The third-order valence-electron chi connectivity index (χ3n) is 1.70. The van der Waals surface area contributed by atoms with Crippen LogP contribution in [-0.2, 0) is 11.3 Å². The first-order chi connectivity index (χ1) is 7.99. The highest BCUT2D eigenvalue weighted by Gasteiger charge is 2.10. The predicted molar refractivity (Wildman–Crippen MR) is 62.1 cm³/mol. The van der Waals surface area contributed by atoms with Crippen molar-refractivity contribution in [1.82, 2.24) is 10.3 Å². The molecule has 0 fully saturated rings. The lowest BCUT2D eigenvalue weighted by Crippen LogP contribution is -2.25. The number of carbonyl (C=O) groups excluding carboxylic acids is 1. The molecule has 1 aromatic heterocycles. The van der Waals surface area contributed by atoms with Crippen molar-refractivity contribution in [1.29, 1.82) is 0 Å². The molecule has 0 spiro atoms. The van der Waals surface area contributed by atoms with Crippen LogP contribution in [0.5, 0.6) is 0 Å². The van der Waals surface area contributed by atoms with Gasteiger partial charge in [0.05, 0.1) is 13.2 Å². The minimum absolute atomic E-state index is 0.0117. The highest BCUT2D eigenvalue weighted by Crippen LogP contribution is 2.09. The Bertz CT molecular complexity index is 403. The van der Waals surface area contributed by atoms with E-state index in [4.69, 9.17) is 9.84 Å². The average molecular weight is 258 g/mol. The highest BCUT2D eigenvalue weighted by molar-refractivity contribution is 7.09. The summed E-state index contributed by atoms with van der Waals surface area (Å²) in [5.74, 6) is -0.797. The second-order valence-corrected chi connectivity index (χ2v) is 4.72. The van der Waals surface area contributed by atoms with Crippen LogP contribution in [0.1, 0.15) is 29.3 Å². The molecule has 1 rings (SSSR count). The summed E-state index contributed by atoms with van der Waals surface area (Å²) >= 11 is 1.18. The van der Waals surface area contributed by atoms with Crippen LogP contribution in [0, 0.1) is 5.92 Å². The summed E-state index contributed by atoms with van der Waals surface area (Å²) in [5.41, 5.74) is -0.0117. The molecule has 1 amide bonds. The number of aromatic nitrogens is 1. The topological polar surface area (TPSA) is 88.5 Å². The molecule has 0 aliphatic carbocycles. The minimum Gasteiger partial charge on any atom is -0.476 e. The molecule has 0 radical (unpaired) electrons. The van der Waals surface area contributed by atoms with Crippen molar-refractivity contribution < 1.29 is 19.4 Å². The lowest BCUT2D eigenvalue weighted by molar-refractivity contribution is 0.0691. The third kappa shape index (κ3) is 4.81. The Balaban J connectivity index is 2.34. The maximum absolute atomic E-state index is 11.2. The lowest BCUT2D eigenvalue weighted by Gasteiger charge is -2.07. The second-order valence-electron chi connectivity index (χ2n) is 3.78. The molecule has 0 aliphatic rings. The van der Waals surface area contributed by atoms with Crippen molar-refractivity contribution in [2.24, 2.45) is 5.92 Å². The van der Waals surface area contributed by atoms with E-state index in [2.05, 4.69) is 10.3 Å². The van der Waals surface area contributed by atoms with Gasteiger partial charge in [0.15, 0.2) is 5.69 Å². The second kappa shape index (κ2) is 6.19.